The predicted molar refractivity (Wildman–Crippen MR) is 51.2 cm³/mol. The Bertz CT molecular complexity index is 295. The van der Waals surface area contributed by atoms with Crippen molar-refractivity contribution >= 4 is 11.6 Å². The molecular weight excluding hydrogens is 204 g/mol. The monoisotopic (exact) mass is 216 g/mol. The summed E-state index contributed by atoms with van der Waals surface area (Å²) in [6.07, 6.45) is 2.11. The highest BCUT2D eigenvalue weighted by Gasteiger charge is 2.22. The van der Waals surface area contributed by atoms with Crippen LogP contribution in [0.4, 0.5) is 0 Å². The zero-order valence-electron chi connectivity index (χ0n) is 8.06. The molecule has 5 nitrogen and oxygen atoms in total. The standard InChI is InChI=1S/C8H13ClN4O/c1-6(9)8-10-11-12-13(8)7-3-2-4-14-5-7/h6-7H,2-5H2,1H3. The van der Waals surface area contributed by atoms with E-state index >= 15 is 0 Å². The number of tetrazole rings is 1. The van der Waals surface area contributed by atoms with Crippen molar-refractivity contribution in [2.45, 2.75) is 31.2 Å². The maximum atomic E-state index is 5.96. The van der Waals surface area contributed by atoms with E-state index in [1.807, 2.05) is 6.92 Å². The molecule has 2 atom stereocenters. The van der Waals surface area contributed by atoms with Gasteiger partial charge in [-0.1, -0.05) is 0 Å². The van der Waals surface area contributed by atoms with E-state index in [9.17, 15) is 0 Å². The van der Waals surface area contributed by atoms with Gasteiger partial charge in [0.05, 0.1) is 18.0 Å². The minimum atomic E-state index is -0.160. The number of aromatic nitrogens is 4. The lowest BCUT2D eigenvalue weighted by molar-refractivity contribution is 0.0531. The molecule has 0 radical (unpaired) electrons. The van der Waals surface area contributed by atoms with Crippen LogP contribution in [-0.4, -0.2) is 33.4 Å². The largest absolute Gasteiger partial charge is 0.379 e. The van der Waals surface area contributed by atoms with E-state index in [1.54, 1.807) is 4.68 Å². The molecule has 1 aromatic heterocycles. The Morgan fingerprint density at radius 3 is 3.14 bits per heavy atom. The minimum absolute atomic E-state index is 0.160. The third-order valence-electron chi connectivity index (χ3n) is 2.36. The van der Waals surface area contributed by atoms with Crippen molar-refractivity contribution in [3.8, 4) is 0 Å². The average Bonchev–Trinajstić information content (AvgIpc) is 2.67. The summed E-state index contributed by atoms with van der Waals surface area (Å²) in [4.78, 5) is 0. The van der Waals surface area contributed by atoms with Crippen LogP contribution in [0.25, 0.3) is 0 Å². The molecule has 0 aliphatic carbocycles. The second-order valence-corrected chi connectivity index (χ2v) is 4.12. The van der Waals surface area contributed by atoms with Crippen molar-refractivity contribution in [2.75, 3.05) is 13.2 Å². The molecule has 78 valence electrons. The molecule has 14 heavy (non-hydrogen) atoms. The molecule has 0 spiro atoms. The van der Waals surface area contributed by atoms with E-state index in [0.29, 0.717) is 6.61 Å². The van der Waals surface area contributed by atoms with Gasteiger partial charge in [0.15, 0.2) is 5.82 Å². The van der Waals surface area contributed by atoms with Gasteiger partial charge in [-0.2, -0.15) is 0 Å². The average molecular weight is 217 g/mol. The molecule has 2 rings (SSSR count). The first-order valence-electron chi connectivity index (χ1n) is 4.78. The molecule has 1 aliphatic heterocycles. The minimum Gasteiger partial charge on any atom is -0.379 e. The van der Waals surface area contributed by atoms with Crippen LogP contribution in [0.3, 0.4) is 0 Å². The van der Waals surface area contributed by atoms with Crippen LogP contribution in [0.15, 0.2) is 0 Å². The zero-order chi connectivity index (χ0) is 9.97. The Morgan fingerprint density at radius 1 is 1.64 bits per heavy atom. The zero-order valence-corrected chi connectivity index (χ0v) is 8.81. The maximum Gasteiger partial charge on any atom is 0.169 e. The molecule has 0 saturated carbocycles. The Labute approximate surface area is 87.4 Å². The van der Waals surface area contributed by atoms with Crippen molar-refractivity contribution in [1.82, 2.24) is 20.2 Å². The second kappa shape index (κ2) is 4.23. The van der Waals surface area contributed by atoms with Crippen molar-refractivity contribution in [1.29, 1.82) is 0 Å². The number of ether oxygens (including phenoxy) is 1. The highest BCUT2D eigenvalue weighted by Crippen LogP contribution is 2.23. The molecule has 2 heterocycles. The van der Waals surface area contributed by atoms with Crippen LogP contribution < -0.4 is 0 Å². The quantitative estimate of drug-likeness (QED) is 0.700. The number of hydrogen-bond donors (Lipinski definition) is 0. The summed E-state index contributed by atoms with van der Waals surface area (Å²) in [5.74, 6) is 0.724. The second-order valence-electron chi connectivity index (χ2n) is 3.47. The highest BCUT2D eigenvalue weighted by atomic mass is 35.5. The summed E-state index contributed by atoms with van der Waals surface area (Å²) in [7, 11) is 0. The van der Waals surface area contributed by atoms with E-state index in [4.69, 9.17) is 16.3 Å². The predicted octanol–water partition coefficient (Wildman–Crippen LogP) is 1.32. The van der Waals surface area contributed by atoms with Crippen LogP contribution >= 0.6 is 11.6 Å². The fourth-order valence-electron chi connectivity index (χ4n) is 1.64. The number of nitrogens with zero attached hydrogens (tertiary/aromatic N) is 4. The lowest BCUT2D eigenvalue weighted by atomic mass is 10.1. The first-order valence-corrected chi connectivity index (χ1v) is 5.22. The van der Waals surface area contributed by atoms with Crippen LogP contribution in [0, 0.1) is 0 Å². The van der Waals surface area contributed by atoms with Crippen LogP contribution in [0.5, 0.6) is 0 Å². The van der Waals surface area contributed by atoms with Crippen molar-refractivity contribution in [2.24, 2.45) is 0 Å². The van der Waals surface area contributed by atoms with Gasteiger partial charge in [-0.3, -0.25) is 0 Å². The lowest BCUT2D eigenvalue weighted by Crippen LogP contribution is -2.24. The molecule has 1 saturated heterocycles. The fourth-order valence-corrected chi connectivity index (χ4v) is 1.78. The van der Waals surface area contributed by atoms with E-state index in [1.165, 1.54) is 0 Å². The van der Waals surface area contributed by atoms with Crippen LogP contribution in [0.2, 0.25) is 0 Å². The van der Waals surface area contributed by atoms with Gasteiger partial charge in [0, 0.05) is 6.61 Å². The summed E-state index contributed by atoms with van der Waals surface area (Å²) in [5.41, 5.74) is 0. The molecule has 1 aliphatic rings. The first-order chi connectivity index (χ1) is 6.79. The normalized spacial score (nSPS) is 24.9. The third-order valence-corrected chi connectivity index (χ3v) is 2.55. The number of rotatable bonds is 2. The van der Waals surface area contributed by atoms with Gasteiger partial charge in [-0.05, 0) is 30.2 Å². The van der Waals surface area contributed by atoms with E-state index in [-0.39, 0.29) is 11.4 Å². The van der Waals surface area contributed by atoms with Gasteiger partial charge >= 0.3 is 0 Å². The number of alkyl halides is 1. The van der Waals surface area contributed by atoms with Gasteiger partial charge in [-0.15, -0.1) is 16.7 Å². The highest BCUT2D eigenvalue weighted by molar-refractivity contribution is 6.20. The van der Waals surface area contributed by atoms with Crippen molar-refractivity contribution in [3.05, 3.63) is 5.82 Å². The van der Waals surface area contributed by atoms with E-state index in [2.05, 4.69) is 15.5 Å². The van der Waals surface area contributed by atoms with Gasteiger partial charge < -0.3 is 4.74 Å². The topological polar surface area (TPSA) is 52.8 Å². The van der Waals surface area contributed by atoms with Gasteiger partial charge in [-0.25, -0.2) is 4.68 Å². The first kappa shape index (κ1) is 9.86. The molecule has 2 unspecified atom stereocenters. The molecule has 0 aromatic carbocycles. The Balaban J connectivity index is 2.17. The van der Waals surface area contributed by atoms with Crippen LogP contribution in [-0.2, 0) is 4.74 Å². The third kappa shape index (κ3) is 1.88. The smallest absolute Gasteiger partial charge is 0.169 e. The van der Waals surface area contributed by atoms with Crippen LogP contribution in [0.1, 0.15) is 37.0 Å². The molecular formula is C8H13ClN4O. The van der Waals surface area contributed by atoms with E-state index < -0.39 is 0 Å². The molecule has 1 fully saturated rings. The number of halogens is 1. The molecule has 0 N–H and O–H groups in total. The Kier molecular flexibility index (Phi) is 2.98. The maximum absolute atomic E-state index is 5.96. The summed E-state index contributed by atoms with van der Waals surface area (Å²) in [6.45, 7) is 3.39. The number of hydrogen-bond acceptors (Lipinski definition) is 4. The molecule has 6 heteroatoms. The summed E-state index contributed by atoms with van der Waals surface area (Å²) < 4.78 is 7.17. The van der Waals surface area contributed by atoms with E-state index in [0.717, 1.165) is 25.3 Å². The Morgan fingerprint density at radius 2 is 2.50 bits per heavy atom. The summed E-state index contributed by atoms with van der Waals surface area (Å²) >= 11 is 5.96. The van der Waals surface area contributed by atoms with Crippen molar-refractivity contribution < 1.29 is 4.74 Å². The van der Waals surface area contributed by atoms with Gasteiger partial charge in [0.1, 0.15) is 0 Å². The molecule has 0 amide bonds. The van der Waals surface area contributed by atoms with Crippen molar-refractivity contribution in [3.63, 3.8) is 0 Å². The fraction of sp³-hybridized carbons (Fsp3) is 0.875. The Hall–Kier alpha value is -0.680. The molecule has 0 bridgehead atoms. The lowest BCUT2D eigenvalue weighted by Gasteiger charge is -2.22. The summed E-state index contributed by atoms with van der Waals surface area (Å²) in [5, 5.41) is 11.3. The van der Waals surface area contributed by atoms with Gasteiger partial charge in [0.25, 0.3) is 0 Å². The SMILES string of the molecule is CC(Cl)c1nnnn1C1CCCOC1. The van der Waals surface area contributed by atoms with Gasteiger partial charge in [0.2, 0.25) is 0 Å². The summed E-state index contributed by atoms with van der Waals surface area (Å²) in [6, 6.07) is 0.245. The molecule has 1 aromatic rings.